The Labute approximate surface area is 200 Å². The molecule has 0 heterocycles. The second-order valence-corrected chi connectivity index (χ2v) is 9.17. The van der Waals surface area contributed by atoms with Crippen molar-refractivity contribution in [3.63, 3.8) is 0 Å². The number of benzene rings is 2. The Kier molecular flexibility index (Phi) is 6.91. The molecule has 0 unspecified atom stereocenters. The molecule has 1 fully saturated rings. The topological polar surface area (TPSA) is 71.1 Å². The zero-order chi connectivity index (χ0) is 24.3. The second-order valence-electron chi connectivity index (χ2n) is 9.17. The van der Waals surface area contributed by atoms with E-state index in [2.05, 4.69) is 6.92 Å². The Morgan fingerprint density at radius 3 is 2.44 bits per heavy atom. The van der Waals surface area contributed by atoms with Crippen LogP contribution in [0.2, 0.25) is 0 Å². The van der Waals surface area contributed by atoms with Crippen LogP contribution < -0.4 is 4.74 Å². The largest absolute Gasteiger partial charge is 0.497 e. The summed E-state index contributed by atoms with van der Waals surface area (Å²) in [7, 11) is 4.77. The molecule has 0 radical (unpaired) electrons. The predicted octanol–water partition coefficient (Wildman–Crippen LogP) is 5.22. The van der Waals surface area contributed by atoms with Crippen LogP contribution in [-0.2, 0) is 24.8 Å². The normalized spacial score (nSPS) is 22.5. The first-order valence-electron chi connectivity index (χ1n) is 11.6. The number of carbonyl (C=O) groups is 2. The molecule has 0 saturated heterocycles. The van der Waals surface area contributed by atoms with Crippen LogP contribution in [0.25, 0.3) is 0 Å². The predicted molar refractivity (Wildman–Crippen MR) is 128 cm³/mol. The van der Waals surface area contributed by atoms with Gasteiger partial charge in [0.05, 0.1) is 12.7 Å². The van der Waals surface area contributed by atoms with Crippen LogP contribution in [0.1, 0.15) is 54.9 Å². The minimum atomic E-state index is -1.14. The van der Waals surface area contributed by atoms with Gasteiger partial charge in [-0.15, -0.1) is 0 Å². The van der Waals surface area contributed by atoms with E-state index in [9.17, 15) is 9.59 Å². The van der Waals surface area contributed by atoms with E-state index in [1.54, 1.807) is 33.5 Å². The van der Waals surface area contributed by atoms with Crippen LogP contribution in [0.3, 0.4) is 0 Å². The number of fused-ring (bicyclic) bond motifs is 1. The summed E-state index contributed by atoms with van der Waals surface area (Å²) < 4.78 is 23.2. The van der Waals surface area contributed by atoms with Crippen molar-refractivity contribution in [3.05, 3.63) is 76.9 Å². The van der Waals surface area contributed by atoms with E-state index in [1.165, 1.54) is 0 Å². The molecule has 2 aromatic rings. The molecule has 0 N–H and O–H groups in total. The molecule has 34 heavy (non-hydrogen) atoms. The summed E-state index contributed by atoms with van der Waals surface area (Å²) in [6.45, 7) is 2.11. The molecular formula is C28H32O6. The van der Waals surface area contributed by atoms with Gasteiger partial charge in [-0.1, -0.05) is 42.8 Å². The van der Waals surface area contributed by atoms with Crippen molar-refractivity contribution in [2.24, 2.45) is 5.41 Å². The fourth-order valence-corrected chi connectivity index (χ4v) is 5.40. The van der Waals surface area contributed by atoms with Gasteiger partial charge in [0.25, 0.3) is 0 Å². The highest BCUT2D eigenvalue weighted by Gasteiger charge is 2.51. The highest BCUT2D eigenvalue weighted by molar-refractivity contribution is 5.98. The molecule has 0 bridgehead atoms. The van der Waals surface area contributed by atoms with Crippen LogP contribution >= 0.6 is 0 Å². The van der Waals surface area contributed by atoms with Gasteiger partial charge in [-0.3, -0.25) is 4.79 Å². The molecule has 180 valence electrons. The Balaban J connectivity index is 1.67. The number of ether oxygens (including phenoxy) is 4. The van der Waals surface area contributed by atoms with Gasteiger partial charge in [0, 0.05) is 43.6 Å². The van der Waals surface area contributed by atoms with E-state index in [-0.39, 0.29) is 24.3 Å². The summed E-state index contributed by atoms with van der Waals surface area (Å²) in [5.74, 6) is -0.680. The van der Waals surface area contributed by atoms with Gasteiger partial charge in [-0.05, 0) is 43.5 Å². The highest BCUT2D eigenvalue weighted by Crippen LogP contribution is 2.54. The molecule has 0 aliphatic heterocycles. The van der Waals surface area contributed by atoms with E-state index in [4.69, 9.17) is 18.9 Å². The summed E-state index contributed by atoms with van der Waals surface area (Å²) in [5, 5.41) is 0. The van der Waals surface area contributed by atoms with Crippen molar-refractivity contribution in [2.45, 2.75) is 50.9 Å². The molecule has 2 aliphatic carbocycles. The van der Waals surface area contributed by atoms with E-state index in [0.29, 0.717) is 37.0 Å². The molecule has 0 spiro atoms. The lowest BCUT2D eigenvalue weighted by Gasteiger charge is -2.39. The van der Waals surface area contributed by atoms with Crippen LogP contribution in [-0.4, -0.2) is 39.2 Å². The van der Waals surface area contributed by atoms with E-state index < -0.39 is 11.2 Å². The molecule has 2 aromatic carbocycles. The Morgan fingerprint density at radius 2 is 1.76 bits per heavy atom. The second kappa shape index (κ2) is 9.72. The zero-order valence-corrected chi connectivity index (χ0v) is 20.3. The standard InChI is InChI=1S/C28H32O6/c1-27-16-15-24(29)22(18-28(32-3,33-4)20-11-8-12-21(17-20)31-2)23(27)13-14-25(27)34-26(30)19-9-6-5-7-10-19/h5-12,17,25H,13-16,18H2,1-4H3/t25-,27-/m0/s1. The van der Waals surface area contributed by atoms with Gasteiger partial charge in [-0.25, -0.2) is 4.79 Å². The molecule has 6 nitrogen and oxygen atoms in total. The first-order valence-corrected chi connectivity index (χ1v) is 11.6. The molecule has 2 aliphatic rings. The van der Waals surface area contributed by atoms with Crippen LogP contribution in [0.15, 0.2) is 65.7 Å². The van der Waals surface area contributed by atoms with E-state index in [1.807, 2.05) is 42.5 Å². The maximum Gasteiger partial charge on any atom is 0.338 e. The van der Waals surface area contributed by atoms with Crippen molar-refractivity contribution in [1.82, 2.24) is 0 Å². The quantitative estimate of drug-likeness (QED) is 0.394. The van der Waals surface area contributed by atoms with Crippen LogP contribution in [0.4, 0.5) is 0 Å². The Bertz CT molecular complexity index is 1090. The Morgan fingerprint density at radius 1 is 1.03 bits per heavy atom. The van der Waals surface area contributed by atoms with Crippen molar-refractivity contribution in [2.75, 3.05) is 21.3 Å². The van der Waals surface area contributed by atoms with Gasteiger partial charge in [-0.2, -0.15) is 0 Å². The molecule has 4 rings (SSSR count). The minimum Gasteiger partial charge on any atom is -0.497 e. The van der Waals surface area contributed by atoms with E-state index in [0.717, 1.165) is 16.7 Å². The third-order valence-corrected chi connectivity index (χ3v) is 7.47. The van der Waals surface area contributed by atoms with Crippen molar-refractivity contribution in [1.29, 1.82) is 0 Å². The highest BCUT2D eigenvalue weighted by atomic mass is 16.7. The fourth-order valence-electron chi connectivity index (χ4n) is 5.40. The number of Topliss-reactive ketones (excluding diaryl/α,β-unsaturated/α-hetero) is 1. The van der Waals surface area contributed by atoms with Crippen molar-refractivity contribution >= 4 is 11.8 Å². The van der Waals surface area contributed by atoms with Crippen molar-refractivity contribution in [3.8, 4) is 5.75 Å². The third kappa shape index (κ3) is 4.28. The molecular weight excluding hydrogens is 432 g/mol. The van der Waals surface area contributed by atoms with Crippen molar-refractivity contribution < 1.29 is 28.5 Å². The smallest absolute Gasteiger partial charge is 0.338 e. The zero-order valence-electron chi connectivity index (χ0n) is 20.3. The average molecular weight is 465 g/mol. The number of ketones is 1. The summed E-state index contributed by atoms with van der Waals surface area (Å²) in [6, 6.07) is 16.5. The van der Waals surface area contributed by atoms with Gasteiger partial charge in [0.2, 0.25) is 0 Å². The number of hydrogen-bond donors (Lipinski definition) is 0. The monoisotopic (exact) mass is 464 g/mol. The summed E-state index contributed by atoms with van der Waals surface area (Å²) in [5.41, 5.74) is 2.69. The molecule has 0 aromatic heterocycles. The van der Waals surface area contributed by atoms with Gasteiger partial charge in [0.1, 0.15) is 11.9 Å². The minimum absolute atomic E-state index is 0.101. The average Bonchev–Trinajstić information content (AvgIpc) is 3.20. The van der Waals surface area contributed by atoms with Crippen LogP contribution in [0.5, 0.6) is 5.75 Å². The summed E-state index contributed by atoms with van der Waals surface area (Å²) in [6.07, 6.45) is 2.43. The van der Waals surface area contributed by atoms with E-state index >= 15 is 0 Å². The lowest BCUT2D eigenvalue weighted by Crippen LogP contribution is -2.39. The first kappa shape index (κ1) is 24.2. The number of rotatable bonds is 8. The van der Waals surface area contributed by atoms with Gasteiger partial charge < -0.3 is 18.9 Å². The number of carbonyl (C=O) groups excluding carboxylic acids is 2. The molecule has 1 saturated carbocycles. The van der Waals surface area contributed by atoms with Gasteiger partial charge >= 0.3 is 5.97 Å². The molecule has 0 amide bonds. The fraction of sp³-hybridized carbons (Fsp3) is 0.429. The maximum absolute atomic E-state index is 13.2. The lowest BCUT2D eigenvalue weighted by atomic mass is 9.70. The number of esters is 1. The summed E-state index contributed by atoms with van der Waals surface area (Å²) >= 11 is 0. The Hall–Kier alpha value is -2.96. The first-order chi connectivity index (χ1) is 16.4. The maximum atomic E-state index is 13.2. The summed E-state index contributed by atoms with van der Waals surface area (Å²) in [4.78, 5) is 26.0. The van der Waals surface area contributed by atoms with Gasteiger partial charge in [0.15, 0.2) is 11.6 Å². The molecule has 6 heteroatoms. The SMILES string of the molecule is COc1cccc(C(CC2=C3CC[C@H](OC(=O)c4ccccc4)[C@@]3(C)CCC2=O)(OC)OC)c1. The molecule has 2 atom stereocenters. The third-order valence-electron chi connectivity index (χ3n) is 7.47. The lowest BCUT2D eigenvalue weighted by molar-refractivity contribution is -0.215. The number of hydrogen-bond acceptors (Lipinski definition) is 6. The van der Waals surface area contributed by atoms with Crippen LogP contribution in [0, 0.1) is 5.41 Å². The number of methoxy groups -OCH3 is 3.